The minimum absolute atomic E-state index is 0.200. The average Bonchev–Trinajstić information content (AvgIpc) is 3.24. The molecule has 1 atom stereocenters. The van der Waals surface area contributed by atoms with E-state index in [1.165, 1.54) is 11.3 Å². The molecule has 0 saturated heterocycles. The third-order valence-corrected chi connectivity index (χ3v) is 6.85. The number of aromatic nitrogens is 2. The number of benzene rings is 2. The van der Waals surface area contributed by atoms with Crippen LogP contribution in [-0.4, -0.2) is 28.7 Å². The smallest absolute Gasteiger partial charge is 0.338 e. The number of fused-ring (bicyclic) bond motifs is 1. The van der Waals surface area contributed by atoms with Gasteiger partial charge in [0.2, 0.25) is 0 Å². The van der Waals surface area contributed by atoms with Crippen LogP contribution in [0.4, 0.5) is 0 Å². The molecule has 1 unspecified atom stereocenters. The van der Waals surface area contributed by atoms with E-state index >= 15 is 0 Å². The number of thiazole rings is 1. The highest BCUT2D eigenvalue weighted by Gasteiger charge is 2.35. The van der Waals surface area contributed by atoms with Gasteiger partial charge in [0.05, 0.1) is 35.1 Å². The summed E-state index contributed by atoms with van der Waals surface area (Å²) in [6.45, 7) is 4.42. The Hall–Kier alpha value is -4.30. The van der Waals surface area contributed by atoms with Crippen molar-refractivity contribution in [1.82, 2.24) is 9.55 Å². The van der Waals surface area contributed by atoms with Gasteiger partial charge < -0.3 is 9.47 Å². The van der Waals surface area contributed by atoms with Crippen molar-refractivity contribution in [1.29, 1.82) is 0 Å². The van der Waals surface area contributed by atoms with Gasteiger partial charge in [-0.25, -0.2) is 9.79 Å². The molecule has 3 heterocycles. The monoisotopic (exact) mass is 511 g/mol. The van der Waals surface area contributed by atoms with E-state index in [4.69, 9.17) is 14.5 Å². The summed E-state index contributed by atoms with van der Waals surface area (Å²) >= 11 is 1.28. The molecule has 0 N–H and O–H groups in total. The Labute approximate surface area is 217 Å². The first kappa shape index (κ1) is 24.4. The molecule has 0 amide bonds. The number of ether oxygens (including phenoxy) is 2. The second kappa shape index (κ2) is 10.8. The molecule has 4 aromatic rings. The maximum atomic E-state index is 13.8. The molecule has 37 heavy (non-hydrogen) atoms. The van der Waals surface area contributed by atoms with Crippen LogP contribution in [0.3, 0.4) is 0 Å². The summed E-state index contributed by atoms with van der Waals surface area (Å²) in [4.78, 5) is 36.8. The lowest BCUT2D eigenvalue weighted by molar-refractivity contribution is -0.138. The molecule has 0 fully saturated rings. The van der Waals surface area contributed by atoms with Crippen LogP contribution in [0.2, 0.25) is 0 Å². The summed E-state index contributed by atoms with van der Waals surface area (Å²) in [7, 11) is 0. The molecular formula is C29H25N3O4S. The van der Waals surface area contributed by atoms with Gasteiger partial charge in [-0.2, -0.15) is 0 Å². The molecule has 5 rings (SSSR count). The molecular weight excluding hydrogens is 486 g/mol. The third kappa shape index (κ3) is 4.88. The van der Waals surface area contributed by atoms with Gasteiger partial charge in [-0.1, -0.05) is 59.9 Å². The highest BCUT2D eigenvalue weighted by atomic mass is 32.1. The maximum Gasteiger partial charge on any atom is 0.338 e. The predicted molar refractivity (Wildman–Crippen MR) is 143 cm³/mol. The lowest BCUT2D eigenvalue weighted by Gasteiger charge is -2.26. The van der Waals surface area contributed by atoms with Crippen molar-refractivity contribution in [2.75, 3.05) is 13.2 Å². The van der Waals surface area contributed by atoms with E-state index in [2.05, 4.69) is 4.98 Å². The van der Waals surface area contributed by atoms with Crippen molar-refractivity contribution in [3.8, 4) is 5.75 Å². The summed E-state index contributed by atoms with van der Waals surface area (Å²) in [5.74, 6) is 0.200. The number of pyridine rings is 1. The van der Waals surface area contributed by atoms with Gasteiger partial charge in [-0.15, -0.1) is 0 Å². The van der Waals surface area contributed by atoms with Crippen LogP contribution in [-0.2, 0) is 9.53 Å². The number of rotatable bonds is 7. The minimum atomic E-state index is -0.725. The van der Waals surface area contributed by atoms with Crippen LogP contribution in [0.15, 0.2) is 94.5 Å². The van der Waals surface area contributed by atoms with Crippen molar-refractivity contribution in [2.45, 2.75) is 19.9 Å². The molecule has 0 spiro atoms. The Morgan fingerprint density at radius 1 is 1.03 bits per heavy atom. The largest absolute Gasteiger partial charge is 0.494 e. The van der Waals surface area contributed by atoms with E-state index in [1.807, 2.05) is 73.7 Å². The lowest BCUT2D eigenvalue weighted by atomic mass is 9.93. The number of esters is 1. The Bertz CT molecular complexity index is 1620. The van der Waals surface area contributed by atoms with E-state index in [1.54, 1.807) is 30.0 Å². The minimum Gasteiger partial charge on any atom is -0.494 e. The molecule has 0 saturated carbocycles. The summed E-state index contributed by atoms with van der Waals surface area (Å²) in [6.07, 6.45) is 5.17. The molecule has 186 valence electrons. The first-order valence-corrected chi connectivity index (χ1v) is 12.8. The number of carbonyl (C=O) groups is 1. The van der Waals surface area contributed by atoms with Gasteiger partial charge >= 0.3 is 5.97 Å². The summed E-state index contributed by atoms with van der Waals surface area (Å²) in [6, 6.07) is 19.9. The van der Waals surface area contributed by atoms with Crippen LogP contribution in [0, 0.1) is 0 Å². The predicted octanol–water partition coefficient (Wildman–Crippen LogP) is 3.73. The second-order valence-corrected chi connectivity index (χ2v) is 9.23. The first-order chi connectivity index (χ1) is 18.1. The van der Waals surface area contributed by atoms with Crippen LogP contribution in [0.25, 0.3) is 11.8 Å². The van der Waals surface area contributed by atoms with Gasteiger partial charge in [0.1, 0.15) is 5.75 Å². The molecule has 7 nitrogen and oxygen atoms in total. The Kier molecular flexibility index (Phi) is 7.09. The van der Waals surface area contributed by atoms with Crippen LogP contribution >= 0.6 is 11.3 Å². The van der Waals surface area contributed by atoms with Crippen LogP contribution < -0.4 is 19.6 Å². The van der Waals surface area contributed by atoms with Crippen molar-refractivity contribution in [2.24, 2.45) is 4.99 Å². The summed E-state index contributed by atoms with van der Waals surface area (Å²) < 4.78 is 13.2. The highest BCUT2D eigenvalue weighted by Crippen LogP contribution is 2.35. The molecule has 2 aromatic carbocycles. The van der Waals surface area contributed by atoms with Gasteiger partial charge in [-0.05, 0) is 49.2 Å². The number of hydrogen-bond donors (Lipinski definition) is 0. The maximum absolute atomic E-state index is 13.8. The zero-order valence-electron chi connectivity index (χ0n) is 20.5. The molecule has 1 aliphatic heterocycles. The summed E-state index contributed by atoms with van der Waals surface area (Å²) in [5, 5.41) is 0. The van der Waals surface area contributed by atoms with E-state index in [0.29, 0.717) is 33.0 Å². The van der Waals surface area contributed by atoms with Crippen molar-refractivity contribution < 1.29 is 14.3 Å². The fourth-order valence-corrected chi connectivity index (χ4v) is 5.28. The van der Waals surface area contributed by atoms with Gasteiger partial charge in [0, 0.05) is 18.0 Å². The molecule has 0 bridgehead atoms. The normalized spacial score (nSPS) is 15.2. The summed E-state index contributed by atoms with van der Waals surface area (Å²) in [5.41, 5.74) is 2.90. The highest BCUT2D eigenvalue weighted by molar-refractivity contribution is 7.07. The number of carbonyl (C=O) groups excluding carboxylic acids is 1. The van der Waals surface area contributed by atoms with Crippen LogP contribution in [0.1, 0.15) is 36.6 Å². The van der Waals surface area contributed by atoms with E-state index in [-0.39, 0.29) is 12.2 Å². The molecule has 0 aliphatic carbocycles. The fraction of sp³-hybridized carbons (Fsp3) is 0.172. The van der Waals surface area contributed by atoms with Crippen molar-refractivity contribution >= 4 is 29.1 Å². The van der Waals surface area contributed by atoms with E-state index < -0.39 is 12.0 Å². The molecule has 2 aromatic heterocycles. The van der Waals surface area contributed by atoms with Crippen LogP contribution in [0.5, 0.6) is 5.75 Å². The van der Waals surface area contributed by atoms with E-state index in [9.17, 15) is 9.59 Å². The standard InChI is InChI=1S/C29H25N3O4S/c1-3-35-22-14-12-21(13-15-22)26-24(28(34)36-4-2)25(20-10-6-5-7-11-20)31-29-32(26)27(33)23(37-29)17-19-9-8-16-30-18-19/h5-18,26H,3-4H2,1-2H3/b23-17+. The SMILES string of the molecule is CCOC(=O)C1=C(c2ccccc2)N=c2s/c(=C/c3cccnc3)c(=O)n2C1c1ccc(OCC)cc1. The zero-order valence-corrected chi connectivity index (χ0v) is 21.3. The molecule has 0 radical (unpaired) electrons. The van der Waals surface area contributed by atoms with Gasteiger partial charge in [0.15, 0.2) is 4.80 Å². The first-order valence-electron chi connectivity index (χ1n) is 12.0. The topological polar surface area (TPSA) is 82.8 Å². The second-order valence-electron chi connectivity index (χ2n) is 8.22. The number of nitrogens with zero attached hydrogens (tertiary/aromatic N) is 3. The number of hydrogen-bond acceptors (Lipinski definition) is 7. The fourth-order valence-electron chi connectivity index (χ4n) is 4.28. The zero-order chi connectivity index (χ0) is 25.8. The Morgan fingerprint density at radius 2 is 1.81 bits per heavy atom. The molecule has 8 heteroatoms. The Balaban J connectivity index is 1.80. The lowest BCUT2D eigenvalue weighted by Crippen LogP contribution is -2.40. The Morgan fingerprint density at radius 3 is 2.49 bits per heavy atom. The van der Waals surface area contributed by atoms with Gasteiger partial charge in [-0.3, -0.25) is 14.3 Å². The van der Waals surface area contributed by atoms with Crippen molar-refractivity contribution in [3.63, 3.8) is 0 Å². The van der Waals surface area contributed by atoms with Crippen molar-refractivity contribution in [3.05, 3.63) is 121 Å². The molecule has 1 aliphatic rings. The van der Waals surface area contributed by atoms with Gasteiger partial charge in [0.25, 0.3) is 5.56 Å². The third-order valence-electron chi connectivity index (χ3n) is 5.86. The average molecular weight is 512 g/mol. The van der Waals surface area contributed by atoms with E-state index in [0.717, 1.165) is 16.7 Å². The quantitative estimate of drug-likeness (QED) is 0.353.